The number of halogens is 1. The van der Waals surface area contributed by atoms with Crippen molar-refractivity contribution in [1.29, 1.82) is 0 Å². The number of carbonyl (C=O) groups excluding carboxylic acids is 2. The monoisotopic (exact) mass is 429 g/mol. The minimum Gasteiger partial charge on any atom is -0.371 e. The molecule has 0 atom stereocenters. The van der Waals surface area contributed by atoms with Gasteiger partial charge in [0.05, 0.1) is 5.75 Å². The van der Waals surface area contributed by atoms with Gasteiger partial charge in [0.25, 0.3) is 5.91 Å². The SMILES string of the molecule is O=C(/C=C/c1ccccc1N1CCC(NC(=O)CSc2ccc(F)cc2)CC1)NO. The molecule has 1 saturated heterocycles. The Hall–Kier alpha value is -2.84. The largest absolute Gasteiger partial charge is 0.371 e. The van der Waals surface area contributed by atoms with Crippen molar-refractivity contribution >= 4 is 35.3 Å². The Morgan fingerprint density at radius 3 is 2.53 bits per heavy atom. The molecule has 1 fully saturated rings. The van der Waals surface area contributed by atoms with Gasteiger partial charge in [0, 0.05) is 35.8 Å². The second-order valence-electron chi connectivity index (χ2n) is 6.94. The smallest absolute Gasteiger partial charge is 0.267 e. The van der Waals surface area contributed by atoms with Crippen LogP contribution in [0.25, 0.3) is 6.08 Å². The Labute approximate surface area is 179 Å². The van der Waals surface area contributed by atoms with Crippen molar-refractivity contribution in [3.63, 3.8) is 0 Å². The third-order valence-electron chi connectivity index (χ3n) is 4.85. The van der Waals surface area contributed by atoms with Gasteiger partial charge in [0.2, 0.25) is 5.91 Å². The van der Waals surface area contributed by atoms with Gasteiger partial charge in [-0.05, 0) is 54.8 Å². The van der Waals surface area contributed by atoms with Crippen LogP contribution >= 0.6 is 11.8 Å². The van der Waals surface area contributed by atoms with Crippen LogP contribution in [0.4, 0.5) is 10.1 Å². The molecule has 2 aromatic rings. The number of rotatable bonds is 7. The van der Waals surface area contributed by atoms with Crippen molar-refractivity contribution in [2.75, 3.05) is 23.7 Å². The van der Waals surface area contributed by atoms with E-state index in [2.05, 4.69) is 10.2 Å². The van der Waals surface area contributed by atoms with Gasteiger partial charge in [-0.25, -0.2) is 9.87 Å². The summed E-state index contributed by atoms with van der Waals surface area (Å²) in [5, 5.41) is 11.7. The third kappa shape index (κ3) is 6.33. The highest BCUT2D eigenvalue weighted by Crippen LogP contribution is 2.25. The van der Waals surface area contributed by atoms with Crippen LogP contribution in [0.15, 0.2) is 59.5 Å². The molecule has 2 aromatic carbocycles. The number of hydrogen-bond acceptors (Lipinski definition) is 5. The highest BCUT2D eigenvalue weighted by Gasteiger charge is 2.22. The molecule has 0 saturated carbocycles. The van der Waals surface area contributed by atoms with Gasteiger partial charge in [-0.3, -0.25) is 14.8 Å². The molecular weight excluding hydrogens is 405 g/mol. The summed E-state index contributed by atoms with van der Waals surface area (Å²) in [6.45, 7) is 1.57. The van der Waals surface area contributed by atoms with Crippen molar-refractivity contribution < 1.29 is 19.2 Å². The molecule has 0 radical (unpaired) electrons. The number of nitrogens with one attached hydrogen (secondary N) is 2. The van der Waals surface area contributed by atoms with Crippen LogP contribution < -0.4 is 15.7 Å². The van der Waals surface area contributed by atoms with Crippen molar-refractivity contribution in [3.05, 3.63) is 66.0 Å². The van der Waals surface area contributed by atoms with Gasteiger partial charge >= 0.3 is 0 Å². The zero-order valence-corrected chi connectivity index (χ0v) is 17.2. The van der Waals surface area contributed by atoms with E-state index in [1.807, 2.05) is 24.3 Å². The Kier molecular flexibility index (Phi) is 7.87. The average molecular weight is 430 g/mol. The van der Waals surface area contributed by atoms with Crippen molar-refractivity contribution in [2.45, 2.75) is 23.8 Å². The summed E-state index contributed by atoms with van der Waals surface area (Å²) >= 11 is 1.39. The van der Waals surface area contributed by atoms with Gasteiger partial charge in [0.1, 0.15) is 5.82 Å². The van der Waals surface area contributed by atoms with Gasteiger partial charge in [-0.1, -0.05) is 18.2 Å². The molecule has 0 aliphatic carbocycles. The van der Waals surface area contributed by atoms with Crippen LogP contribution in [0, 0.1) is 5.82 Å². The van der Waals surface area contributed by atoms with Crippen LogP contribution in [-0.4, -0.2) is 41.9 Å². The molecular formula is C22H24FN3O3S. The van der Waals surface area contributed by atoms with E-state index >= 15 is 0 Å². The number of para-hydroxylation sites is 1. The Morgan fingerprint density at radius 1 is 1.13 bits per heavy atom. The predicted octanol–water partition coefficient (Wildman–Crippen LogP) is 3.22. The number of carbonyl (C=O) groups is 2. The van der Waals surface area contributed by atoms with E-state index in [-0.39, 0.29) is 17.8 Å². The van der Waals surface area contributed by atoms with Gasteiger partial charge in [-0.2, -0.15) is 0 Å². The molecule has 1 aliphatic rings. The number of anilines is 1. The molecule has 8 heteroatoms. The summed E-state index contributed by atoms with van der Waals surface area (Å²) in [4.78, 5) is 26.6. The minimum atomic E-state index is -0.579. The molecule has 1 aliphatic heterocycles. The van der Waals surface area contributed by atoms with Crippen LogP contribution in [-0.2, 0) is 9.59 Å². The summed E-state index contributed by atoms with van der Waals surface area (Å²) in [7, 11) is 0. The number of hydrogen-bond donors (Lipinski definition) is 3. The van der Waals surface area contributed by atoms with Crippen LogP contribution in [0.2, 0.25) is 0 Å². The van der Waals surface area contributed by atoms with E-state index in [0.717, 1.165) is 42.1 Å². The van der Waals surface area contributed by atoms with Gasteiger partial charge in [0.15, 0.2) is 0 Å². The fourth-order valence-corrected chi connectivity index (χ4v) is 4.04. The third-order valence-corrected chi connectivity index (χ3v) is 5.86. The molecule has 0 unspecified atom stereocenters. The zero-order valence-electron chi connectivity index (χ0n) is 16.4. The lowest BCUT2D eigenvalue weighted by atomic mass is 10.0. The highest BCUT2D eigenvalue weighted by atomic mass is 32.2. The Bertz CT molecular complexity index is 897. The minimum absolute atomic E-state index is 0.0267. The average Bonchev–Trinajstić information content (AvgIpc) is 2.78. The van der Waals surface area contributed by atoms with E-state index < -0.39 is 5.91 Å². The number of amides is 2. The van der Waals surface area contributed by atoms with E-state index in [0.29, 0.717) is 5.75 Å². The Morgan fingerprint density at radius 2 is 1.83 bits per heavy atom. The van der Waals surface area contributed by atoms with E-state index in [4.69, 9.17) is 5.21 Å². The first-order valence-corrected chi connectivity index (χ1v) is 10.7. The molecule has 0 spiro atoms. The van der Waals surface area contributed by atoms with E-state index in [1.54, 1.807) is 23.7 Å². The molecule has 2 amide bonds. The molecule has 0 bridgehead atoms. The molecule has 1 heterocycles. The van der Waals surface area contributed by atoms with Gasteiger partial charge < -0.3 is 10.2 Å². The second-order valence-corrected chi connectivity index (χ2v) is 7.99. The lowest BCUT2D eigenvalue weighted by Crippen LogP contribution is -2.45. The van der Waals surface area contributed by atoms with E-state index in [9.17, 15) is 14.0 Å². The number of thioether (sulfide) groups is 1. The number of nitrogens with zero attached hydrogens (tertiary/aromatic N) is 1. The maximum absolute atomic E-state index is 12.9. The summed E-state index contributed by atoms with van der Waals surface area (Å²) in [5.74, 6) is -0.595. The first-order chi connectivity index (χ1) is 14.5. The quantitative estimate of drug-likeness (QED) is 0.273. The molecule has 6 nitrogen and oxygen atoms in total. The molecule has 3 N–H and O–H groups in total. The number of hydroxylamine groups is 1. The van der Waals surface area contributed by atoms with Crippen LogP contribution in [0.3, 0.4) is 0 Å². The highest BCUT2D eigenvalue weighted by molar-refractivity contribution is 8.00. The molecule has 158 valence electrons. The standard InChI is InChI=1S/C22H24FN3O3S/c23-17-6-8-19(9-7-17)30-15-22(28)24-18-11-13-26(14-12-18)20-4-2-1-3-16(20)5-10-21(27)25-29/h1-10,18,29H,11-15H2,(H,24,28)(H,25,27)/b10-5+. The number of piperidine rings is 1. The lowest BCUT2D eigenvalue weighted by molar-refractivity contribution is -0.124. The first kappa shape index (κ1) is 21.9. The Balaban J connectivity index is 1.49. The molecule has 0 aromatic heterocycles. The summed E-state index contributed by atoms with van der Waals surface area (Å²) < 4.78 is 12.9. The van der Waals surface area contributed by atoms with Crippen molar-refractivity contribution in [3.8, 4) is 0 Å². The van der Waals surface area contributed by atoms with Crippen molar-refractivity contribution in [2.24, 2.45) is 0 Å². The summed E-state index contributed by atoms with van der Waals surface area (Å²) in [6.07, 6.45) is 4.59. The predicted molar refractivity (Wildman–Crippen MR) is 116 cm³/mol. The number of benzene rings is 2. The molecule has 30 heavy (non-hydrogen) atoms. The fourth-order valence-electron chi connectivity index (χ4n) is 3.33. The zero-order chi connectivity index (χ0) is 21.3. The first-order valence-electron chi connectivity index (χ1n) is 9.69. The van der Waals surface area contributed by atoms with Crippen molar-refractivity contribution in [1.82, 2.24) is 10.8 Å². The van der Waals surface area contributed by atoms with Gasteiger partial charge in [-0.15, -0.1) is 11.8 Å². The summed E-state index contributed by atoms with van der Waals surface area (Å²) in [5.41, 5.74) is 3.48. The van der Waals surface area contributed by atoms with Crippen LogP contribution in [0.1, 0.15) is 18.4 Å². The maximum Gasteiger partial charge on any atom is 0.267 e. The fraction of sp³-hybridized carbons (Fsp3) is 0.273. The topological polar surface area (TPSA) is 81.7 Å². The molecule has 3 rings (SSSR count). The second kappa shape index (κ2) is 10.8. The lowest BCUT2D eigenvalue weighted by Gasteiger charge is -2.34. The summed E-state index contributed by atoms with van der Waals surface area (Å²) in [6, 6.07) is 14.0. The van der Waals surface area contributed by atoms with E-state index in [1.165, 1.54) is 30.0 Å². The maximum atomic E-state index is 12.9. The normalized spacial score (nSPS) is 14.7. The van der Waals surface area contributed by atoms with Crippen LogP contribution in [0.5, 0.6) is 0 Å².